The van der Waals surface area contributed by atoms with Crippen molar-refractivity contribution >= 4 is 17.7 Å². The second-order valence-corrected chi connectivity index (χ2v) is 6.38. The second kappa shape index (κ2) is 6.99. The molecule has 1 amide bonds. The summed E-state index contributed by atoms with van der Waals surface area (Å²) < 4.78 is 0. The highest BCUT2D eigenvalue weighted by Crippen LogP contribution is 2.37. The molecule has 114 valence electrons. The van der Waals surface area contributed by atoms with Gasteiger partial charge in [-0.15, -0.1) is 11.8 Å². The molecule has 0 fully saturated rings. The van der Waals surface area contributed by atoms with E-state index in [1.165, 1.54) is 27.8 Å². The van der Waals surface area contributed by atoms with Gasteiger partial charge < -0.3 is 10.4 Å². The third-order valence-electron chi connectivity index (χ3n) is 3.79. The SMILES string of the molecule is O=C(CSCc1ccc2c(c1)Cc1ccccc1-2)NCCO. The van der Waals surface area contributed by atoms with Crippen molar-refractivity contribution in [2.24, 2.45) is 0 Å². The van der Waals surface area contributed by atoms with Crippen molar-refractivity contribution in [1.82, 2.24) is 5.32 Å². The van der Waals surface area contributed by atoms with E-state index in [-0.39, 0.29) is 12.5 Å². The van der Waals surface area contributed by atoms with Gasteiger partial charge in [-0.1, -0.05) is 42.5 Å². The maximum absolute atomic E-state index is 11.5. The predicted octanol–water partition coefficient (Wildman–Crippen LogP) is 2.60. The van der Waals surface area contributed by atoms with Gasteiger partial charge in [0.1, 0.15) is 0 Å². The number of rotatable bonds is 6. The summed E-state index contributed by atoms with van der Waals surface area (Å²) in [6.07, 6.45) is 1.00. The van der Waals surface area contributed by atoms with Crippen molar-refractivity contribution in [1.29, 1.82) is 0 Å². The molecule has 4 heteroatoms. The zero-order valence-corrected chi connectivity index (χ0v) is 13.2. The van der Waals surface area contributed by atoms with E-state index in [2.05, 4.69) is 47.8 Å². The molecule has 0 saturated heterocycles. The molecule has 0 saturated carbocycles. The van der Waals surface area contributed by atoms with Crippen LogP contribution in [0.2, 0.25) is 0 Å². The molecule has 2 aromatic rings. The van der Waals surface area contributed by atoms with Crippen molar-refractivity contribution in [3.8, 4) is 11.1 Å². The van der Waals surface area contributed by atoms with Crippen LogP contribution in [-0.2, 0) is 17.0 Å². The van der Waals surface area contributed by atoms with E-state index in [1.54, 1.807) is 11.8 Å². The van der Waals surface area contributed by atoms with Gasteiger partial charge in [-0.05, 0) is 34.2 Å². The third kappa shape index (κ3) is 3.34. The molecule has 3 nitrogen and oxygen atoms in total. The Morgan fingerprint density at radius 1 is 1.14 bits per heavy atom. The maximum atomic E-state index is 11.5. The summed E-state index contributed by atoms with van der Waals surface area (Å²) in [5.41, 5.74) is 6.71. The minimum atomic E-state index is -0.0207. The Morgan fingerprint density at radius 2 is 1.95 bits per heavy atom. The Morgan fingerprint density at radius 3 is 2.82 bits per heavy atom. The molecule has 0 aromatic heterocycles. The lowest BCUT2D eigenvalue weighted by molar-refractivity contribution is -0.118. The number of fused-ring (bicyclic) bond motifs is 3. The van der Waals surface area contributed by atoms with E-state index in [9.17, 15) is 4.79 Å². The smallest absolute Gasteiger partial charge is 0.230 e. The largest absolute Gasteiger partial charge is 0.395 e. The van der Waals surface area contributed by atoms with Crippen LogP contribution >= 0.6 is 11.8 Å². The van der Waals surface area contributed by atoms with Gasteiger partial charge in [0.25, 0.3) is 0 Å². The van der Waals surface area contributed by atoms with E-state index >= 15 is 0 Å². The maximum Gasteiger partial charge on any atom is 0.230 e. The summed E-state index contributed by atoms with van der Waals surface area (Å²) in [7, 11) is 0. The fraction of sp³-hybridized carbons (Fsp3) is 0.278. The molecule has 0 spiro atoms. The number of amides is 1. The zero-order chi connectivity index (χ0) is 15.4. The molecule has 0 bridgehead atoms. The second-order valence-electron chi connectivity index (χ2n) is 5.39. The van der Waals surface area contributed by atoms with E-state index < -0.39 is 0 Å². The number of carbonyl (C=O) groups is 1. The lowest BCUT2D eigenvalue weighted by Crippen LogP contribution is -2.27. The third-order valence-corrected chi connectivity index (χ3v) is 4.80. The van der Waals surface area contributed by atoms with Crippen LogP contribution in [0, 0.1) is 0 Å². The Balaban J connectivity index is 1.59. The molecule has 2 aromatic carbocycles. The number of hydrogen-bond acceptors (Lipinski definition) is 3. The molecule has 1 aliphatic carbocycles. The summed E-state index contributed by atoms with van der Waals surface area (Å²) in [6, 6.07) is 15.2. The number of aliphatic hydroxyl groups excluding tert-OH is 1. The van der Waals surface area contributed by atoms with E-state index in [4.69, 9.17) is 5.11 Å². The van der Waals surface area contributed by atoms with Crippen LogP contribution < -0.4 is 5.32 Å². The van der Waals surface area contributed by atoms with Crippen LogP contribution in [0.1, 0.15) is 16.7 Å². The van der Waals surface area contributed by atoms with Gasteiger partial charge in [0.15, 0.2) is 0 Å². The number of hydrogen-bond donors (Lipinski definition) is 2. The van der Waals surface area contributed by atoms with Crippen LogP contribution in [0.25, 0.3) is 11.1 Å². The Kier molecular flexibility index (Phi) is 4.80. The fourth-order valence-electron chi connectivity index (χ4n) is 2.80. The standard InChI is InChI=1S/C18H19NO2S/c20-8-7-19-18(21)12-22-11-13-5-6-17-15(9-13)10-14-3-1-2-4-16(14)17/h1-6,9,20H,7-8,10-12H2,(H,19,21). The zero-order valence-electron chi connectivity index (χ0n) is 12.3. The first-order valence-corrected chi connectivity index (χ1v) is 8.59. The summed E-state index contributed by atoms with van der Waals surface area (Å²) in [5, 5.41) is 11.3. The number of aliphatic hydroxyl groups is 1. The van der Waals surface area contributed by atoms with Crippen LogP contribution in [-0.4, -0.2) is 29.9 Å². The monoisotopic (exact) mass is 313 g/mol. The van der Waals surface area contributed by atoms with Crippen molar-refractivity contribution in [2.75, 3.05) is 18.9 Å². The van der Waals surface area contributed by atoms with Crippen LogP contribution in [0.3, 0.4) is 0 Å². The molecule has 0 atom stereocenters. The van der Waals surface area contributed by atoms with Gasteiger partial charge in [0, 0.05) is 12.3 Å². The topological polar surface area (TPSA) is 49.3 Å². The quantitative estimate of drug-likeness (QED) is 0.735. The van der Waals surface area contributed by atoms with Crippen molar-refractivity contribution in [3.63, 3.8) is 0 Å². The minimum Gasteiger partial charge on any atom is -0.395 e. The predicted molar refractivity (Wildman–Crippen MR) is 90.9 cm³/mol. The highest BCUT2D eigenvalue weighted by Gasteiger charge is 2.17. The average Bonchev–Trinajstić information content (AvgIpc) is 2.90. The summed E-state index contributed by atoms with van der Waals surface area (Å²) in [4.78, 5) is 11.5. The van der Waals surface area contributed by atoms with Crippen molar-refractivity contribution in [2.45, 2.75) is 12.2 Å². The summed E-state index contributed by atoms with van der Waals surface area (Å²) >= 11 is 1.60. The average molecular weight is 313 g/mol. The molecule has 0 aliphatic heterocycles. The van der Waals surface area contributed by atoms with E-state index in [0.29, 0.717) is 12.3 Å². The first kappa shape index (κ1) is 15.1. The molecule has 0 heterocycles. The first-order chi connectivity index (χ1) is 10.8. The highest BCUT2D eigenvalue weighted by molar-refractivity contribution is 7.99. The fourth-order valence-corrected chi connectivity index (χ4v) is 3.60. The normalized spacial score (nSPS) is 11.9. The van der Waals surface area contributed by atoms with Gasteiger partial charge in [0.05, 0.1) is 12.4 Å². The molecule has 2 N–H and O–H groups in total. The Labute approximate surface area is 134 Å². The van der Waals surface area contributed by atoms with Gasteiger partial charge in [0.2, 0.25) is 5.91 Å². The molecular formula is C18H19NO2S. The summed E-state index contributed by atoms with van der Waals surface area (Å²) in [6.45, 7) is 0.318. The van der Waals surface area contributed by atoms with Gasteiger partial charge in [-0.2, -0.15) is 0 Å². The molecule has 0 radical (unpaired) electrons. The Bertz CT molecular complexity index is 685. The molecule has 22 heavy (non-hydrogen) atoms. The molecule has 1 aliphatic rings. The first-order valence-electron chi connectivity index (χ1n) is 7.43. The minimum absolute atomic E-state index is 0.0121. The van der Waals surface area contributed by atoms with E-state index in [0.717, 1.165) is 12.2 Å². The van der Waals surface area contributed by atoms with Crippen molar-refractivity contribution < 1.29 is 9.90 Å². The number of carbonyl (C=O) groups excluding carboxylic acids is 1. The van der Waals surface area contributed by atoms with Crippen LogP contribution in [0.15, 0.2) is 42.5 Å². The van der Waals surface area contributed by atoms with Crippen molar-refractivity contribution in [3.05, 3.63) is 59.2 Å². The Hall–Kier alpha value is -1.78. The molecule has 0 unspecified atom stereocenters. The molecule has 3 rings (SSSR count). The lowest BCUT2D eigenvalue weighted by atomic mass is 10.0. The summed E-state index contributed by atoms with van der Waals surface area (Å²) in [5.74, 6) is 1.24. The van der Waals surface area contributed by atoms with E-state index in [1.807, 2.05) is 0 Å². The number of benzene rings is 2. The van der Waals surface area contributed by atoms with Gasteiger partial charge in [-0.3, -0.25) is 4.79 Å². The van der Waals surface area contributed by atoms with Crippen LogP contribution in [0.4, 0.5) is 0 Å². The van der Waals surface area contributed by atoms with Gasteiger partial charge in [-0.25, -0.2) is 0 Å². The molecular weight excluding hydrogens is 294 g/mol. The van der Waals surface area contributed by atoms with Crippen LogP contribution in [0.5, 0.6) is 0 Å². The lowest BCUT2D eigenvalue weighted by Gasteiger charge is -2.06. The highest BCUT2D eigenvalue weighted by atomic mass is 32.2. The number of thioether (sulfide) groups is 1. The van der Waals surface area contributed by atoms with Gasteiger partial charge >= 0.3 is 0 Å². The number of nitrogens with one attached hydrogen (secondary N) is 1.